The minimum absolute atomic E-state index is 0.186. The lowest BCUT2D eigenvalue weighted by Gasteiger charge is -2.18. The topological polar surface area (TPSA) is 73.6 Å². The molecule has 5 heteroatoms. The van der Waals surface area contributed by atoms with E-state index in [9.17, 15) is 4.79 Å². The monoisotopic (exact) mass is 328 g/mol. The van der Waals surface area contributed by atoms with Gasteiger partial charge in [-0.3, -0.25) is 4.79 Å². The molecule has 0 aliphatic rings. The maximum absolute atomic E-state index is 12.1. The van der Waals surface area contributed by atoms with Gasteiger partial charge in [-0.05, 0) is 31.0 Å². The molecule has 24 heavy (non-hydrogen) atoms. The molecule has 1 unspecified atom stereocenters. The average molecular weight is 328 g/mol. The van der Waals surface area contributed by atoms with E-state index in [1.54, 1.807) is 7.11 Å². The van der Waals surface area contributed by atoms with Crippen LogP contribution in [-0.4, -0.2) is 31.7 Å². The highest BCUT2D eigenvalue weighted by Crippen LogP contribution is 2.26. The maximum atomic E-state index is 12.1. The summed E-state index contributed by atoms with van der Waals surface area (Å²) in [6, 6.07) is 16.6. The number of hydrogen-bond donors (Lipinski definition) is 2. The number of rotatable bonds is 8. The van der Waals surface area contributed by atoms with E-state index in [1.165, 1.54) is 0 Å². The number of methoxy groups -OCH3 is 1. The first kappa shape index (κ1) is 17.8. The van der Waals surface area contributed by atoms with E-state index in [-0.39, 0.29) is 12.0 Å². The Kier molecular flexibility index (Phi) is 6.63. The molecular weight excluding hydrogens is 304 g/mol. The molecule has 2 aromatic carbocycles. The van der Waals surface area contributed by atoms with Gasteiger partial charge in [0.05, 0.1) is 19.7 Å². The molecule has 128 valence electrons. The molecule has 0 fully saturated rings. The fourth-order valence-electron chi connectivity index (χ4n) is 2.31. The standard InChI is InChI=1S/C19H24N2O3/c1-14(24-18-11-7-6-10-17(18)23-2)13-21-19(22)16(20)12-15-8-4-3-5-9-15/h3-11,14,16H,12-13,20H2,1-2H3,(H,21,22)/t14?,16-/m0/s1. The average Bonchev–Trinajstić information content (AvgIpc) is 2.61. The second-order valence-corrected chi connectivity index (χ2v) is 5.62. The summed E-state index contributed by atoms with van der Waals surface area (Å²) in [6.45, 7) is 2.26. The quantitative estimate of drug-likeness (QED) is 0.779. The van der Waals surface area contributed by atoms with Gasteiger partial charge in [0.1, 0.15) is 6.10 Å². The summed E-state index contributed by atoms with van der Waals surface area (Å²) >= 11 is 0. The number of amides is 1. The van der Waals surface area contributed by atoms with Gasteiger partial charge in [-0.15, -0.1) is 0 Å². The molecule has 1 amide bonds. The predicted octanol–water partition coefficient (Wildman–Crippen LogP) is 2.15. The normalized spacial score (nSPS) is 13.0. The van der Waals surface area contributed by atoms with E-state index < -0.39 is 6.04 Å². The molecule has 0 spiro atoms. The maximum Gasteiger partial charge on any atom is 0.237 e. The van der Waals surface area contributed by atoms with Crippen LogP contribution in [0.15, 0.2) is 54.6 Å². The number of nitrogens with one attached hydrogen (secondary N) is 1. The van der Waals surface area contributed by atoms with E-state index in [0.717, 1.165) is 5.56 Å². The zero-order valence-electron chi connectivity index (χ0n) is 14.1. The molecule has 0 bridgehead atoms. The number of carbonyl (C=O) groups excluding carboxylic acids is 1. The Bertz CT molecular complexity index is 646. The summed E-state index contributed by atoms with van der Waals surface area (Å²) in [5, 5.41) is 2.83. The summed E-state index contributed by atoms with van der Waals surface area (Å²) in [6.07, 6.45) is 0.309. The third-order valence-corrected chi connectivity index (χ3v) is 3.60. The zero-order chi connectivity index (χ0) is 17.4. The van der Waals surface area contributed by atoms with E-state index in [1.807, 2.05) is 61.5 Å². The van der Waals surface area contributed by atoms with Crippen molar-refractivity contribution in [1.82, 2.24) is 5.32 Å². The number of carbonyl (C=O) groups is 1. The van der Waals surface area contributed by atoms with E-state index >= 15 is 0 Å². The number of hydrogen-bond acceptors (Lipinski definition) is 4. The van der Waals surface area contributed by atoms with Crippen LogP contribution >= 0.6 is 0 Å². The predicted molar refractivity (Wildman–Crippen MR) is 94.2 cm³/mol. The van der Waals surface area contributed by atoms with Gasteiger partial charge in [0.2, 0.25) is 5.91 Å². The van der Waals surface area contributed by atoms with Gasteiger partial charge >= 0.3 is 0 Å². The van der Waals surface area contributed by atoms with Gasteiger partial charge in [-0.2, -0.15) is 0 Å². The number of nitrogens with two attached hydrogens (primary N) is 1. The van der Waals surface area contributed by atoms with Crippen LogP contribution in [0.1, 0.15) is 12.5 Å². The number of ether oxygens (including phenoxy) is 2. The number of benzene rings is 2. The Hall–Kier alpha value is -2.53. The fraction of sp³-hybridized carbons (Fsp3) is 0.316. The first-order valence-electron chi connectivity index (χ1n) is 7.97. The van der Waals surface area contributed by atoms with Crippen LogP contribution in [0.5, 0.6) is 11.5 Å². The second-order valence-electron chi connectivity index (χ2n) is 5.62. The highest BCUT2D eigenvalue weighted by atomic mass is 16.5. The van der Waals surface area contributed by atoms with Crippen LogP contribution < -0.4 is 20.5 Å². The van der Waals surface area contributed by atoms with Gasteiger partial charge < -0.3 is 20.5 Å². The van der Waals surface area contributed by atoms with Crippen LogP contribution in [-0.2, 0) is 11.2 Å². The summed E-state index contributed by atoms with van der Waals surface area (Å²) < 4.78 is 11.0. The highest BCUT2D eigenvalue weighted by Gasteiger charge is 2.15. The van der Waals surface area contributed by atoms with Crippen molar-refractivity contribution in [3.63, 3.8) is 0 Å². The molecule has 0 aromatic heterocycles. The van der Waals surface area contributed by atoms with E-state index in [4.69, 9.17) is 15.2 Å². The molecular formula is C19H24N2O3. The van der Waals surface area contributed by atoms with Crippen LogP contribution in [0.4, 0.5) is 0 Å². The second kappa shape index (κ2) is 8.93. The van der Waals surface area contributed by atoms with Gasteiger partial charge in [0.15, 0.2) is 11.5 Å². The Morgan fingerprint density at radius 1 is 1.08 bits per heavy atom. The Morgan fingerprint density at radius 3 is 2.38 bits per heavy atom. The third kappa shape index (κ3) is 5.28. The SMILES string of the molecule is COc1ccccc1OC(C)CNC(=O)[C@@H](N)Cc1ccccc1. The molecule has 2 aromatic rings. The Morgan fingerprint density at radius 2 is 1.71 bits per heavy atom. The summed E-state index contributed by atoms with van der Waals surface area (Å²) in [7, 11) is 1.59. The van der Waals surface area contributed by atoms with Crippen molar-refractivity contribution in [2.75, 3.05) is 13.7 Å². The largest absolute Gasteiger partial charge is 0.493 e. The molecule has 0 heterocycles. The van der Waals surface area contributed by atoms with Crippen LogP contribution in [0, 0.1) is 0 Å². The highest BCUT2D eigenvalue weighted by molar-refractivity contribution is 5.81. The number of para-hydroxylation sites is 2. The zero-order valence-corrected chi connectivity index (χ0v) is 14.1. The lowest BCUT2D eigenvalue weighted by molar-refractivity contribution is -0.122. The summed E-state index contributed by atoms with van der Waals surface area (Å²) in [5.41, 5.74) is 7.00. The molecule has 0 saturated heterocycles. The molecule has 2 rings (SSSR count). The first-order chi connectivity index (χ1) is 11.6. The molecule has 0 radical (unpaired) electrons. The molecule has 5 nitrogen and oxygen atoms in total. The minimum Gasteiger partial charge on any atom is -0.493 e. The van der Waals surface area contributed by atoms with Gasteiger partial charge in [-0.25, -0.2) is 0 Å². The minimum atomic E-state index is -0.578. The van der Waals surface area contributed by atoms with Gasteiger partial charge in [-0.1, -0.05) is 42.5 Å². The van der Waals surface area contributed by atoms with Crippen LogP contribution in [0.25, 0.3) is 0 Å². The molecule has 0 saturated carbocycles. The lowest BCUT2D eigenvalue weighted by Crippen LogP contribution is -2.45. The molecule has 2 atom stereocenters. The van der Waals surface area contributed by atoms with E-state index in [2.05, 4.69) is 5.32 Å². The third-order valence-electron chi connectivity index (χ3n) is 3.60. The van der Waals surface area contributed by atoms with Crippen molar-refractivity contribution in [2.45, 2.75) is 25.5 Å². The van der Waals surface area contributed by atoms with Crippen molar-refractivity contribution < 1.29 is 14.3 Å². The van der Waals surface area contributed by atoms with E-state index in [0.29, 0.717) is 24.5 Å². The fourth-order valence-corrected chi connectivity index (χ4v) is 2.31. The summed E-state index contributed by atoms with van der Waals surface area (Å²) in [5.74, 6) is 1.13. The first-order valence-corrected chi connectivity index (χ1v) is 7.97. The van der Waals surface area contributed by atoms with Crippen molar-refractivity contribution in [1.29, 1.82) is 0 Å². The molecule has 0 aliphatic heterocycles. The van der Waals surface area contributed by atoms with Gasteiger partial charge in [0.25, 0.3) is 0 Å². The van der Waals surface area contributed by atoms with Crippen molar-refractivity contribution in [3.8, 4) is 11.5 Å². The van der Waals surface area contributed by atoms with Crippen molar-refractivity contribution in [3.05, 3.63) is 60.2 Å². The molecule has 3 N–H and O–H groups in total. The van der Waals surface area contributed by atoms with Crippen molar-refractivity contribution in [2.24, 2.45) is 5.73 Å². The van der Waals surface area contributed by atoms with Crippen molar-refractivity contribution >= 4 is 5.91 Å². The summed E-state index contributed by atoms with van der Waals surface area (Å²) in [4.78, 5) is 12.1. The Balaban J connectivity index is 1.80. The Labute approximate surface area is 142 Å². The van der Waals surface area contributed by atoms with Crippen LogP contribution in [0.3, 0.4) is 0 Å². The lowest BCUT2D eigenvalue weighted by atomic mass is 10.1. The van der Waals surface area contributed by atoms with Gasteiger partial charge in [0, 0.05) is 0 Å². The molecule has 0 aliphatic carbocycles. The van der Waals surface area contributed by atoms with Crippen LogP contribution in [0.2, 0.25) is 0 Å². The smallest absolute Gasteiger partial charge is 0.237 e.